The SMILES string of the molecule is CC(NC(C)C1CCCC1)c1cccc(Cl)c1. The Balaban J connectivity index is 1.93. The van der Waals surface area contributed by atoms with Crippen molar-refractivity contribution in [1.82, 2.24) is 5.32 Å². The average Bonchev–Trinajstić information content (AvgIpc) is 2.82. The molecule has 1 aromatic rings. The fraction of sp³-hybridized carbons (Fsp3) is 0.600. The largest absolute Gasteiger partial charge is 0.307 e. The van der Waals surface area contributed by atoms with Gasteiger partial charge < -0.3 is 5.32 Å². The van der Waals surface area contributed by atoms with Crippen LogP contribution >= 0.6 is 11.6 Å². The van der Waals surface area contributed by atoms with E-state index in [-0.39, 0.29) is 0 Å². The van der Waals surface area contributed by atoms with Gasteiger partial charge in [0.05, 0.1) is 0 Å². The summed E-state index contributed by atoms with van der Waals surface area (Å²) in [7, 11) is 0. The van der Waals surface area contributed by atoms with Gasteiger partial charge in [0.1, 0.15) is 0 Å². The van der Waals surface area contributed by atoms with Crippen LogP contribution in [0.2, 0.25) is 5.02 Å². The summed E-state index contributed by atoms with van der Waals surface area (Å²) in [5.41, 5.74) is 1.28. The maximum Gasteiger partial charge on any atom is 0.0409 e. The normalized spacial score (nSPS) is 20.4. The van der Waals surface area contributed by atoms with Crippen LogP contribution in [0.3, 0.4) is 0 Å². The minimum atomic E-state index is 0.379. The molecule has 1 saturated carbocycles. The third kappa shape index (κ3) is 3.46. The molecule has 1 fully saturated rings. The number of nitrogens with one attached hydrogen (secondary N) is 1. The highest BCUT2D eigenvalue weighted by molar-refractivity contribution is 6.30. The first-order valence-electron chi connectivity index (χ1n) is 6.68. The van der Waals surface area contributed by atoms with E-state index in [0.717, 1.165) is 10.9 Å². The Kier molecular flexibility index (Phi) is 4.47. The van der Waals surface area contributed by atoms with E-state index in [1.165, 1.54) is 31.2 Å². The lowest BCUT2D eigenvalue weighted by molar-refractivity contribution is 0.352. The standard InChI is InChI=1S/C15H22ClN/c1-11(13-6-3-4-7-13)17-12(2)14-8-5-9-15(16)10-14/h5,8-13,17H,3-4,6-7H2,1-2H3. The van der Waals surface area contributed by atoms with Gasteiger partial charge in [-0.3, -0.25) is 0 Å². The molecule has 1 aliphatic carbocycles. The van der Waals surface area contributed by atoms with Crippen LogP contribution in [0, 0.1) is 5.92 Å². The second-order valence-electron chi connectivity index (χ2n) is 5.28. The van der Waals surface area contributed by atoms with Crippen LogP contribution in [0.1, 0.15) is 51.1 Å². The van der Waals surface area contributed by atoms with Crippen LogP contribution in [-0.4, -0.2) is 6.04 Å². The molecule has 1 aliphatic rings. The van der Waals surface area contributed by atoms with Gasteiger partial charge in [0.15, 0.2) is 0 Å². The van der Waals surface area contributed by atoms with Crippen LogP contribution < -0.4 is 5.32 Å². The summed E-state index contributed by atoms with van der Waals surface area (Å²) in [6, 6.07) is 9.13. The molecule has 0 spiro atoms. The summed E-state index contributed by atoms with van der Waals surface area (Å²) in [4.78, 5) is 0. The quantitative estimate of drug-likeness (QED) is 0.827. The summed E-state index contributed by atoms with van der Waals surface area (Å²) >= 11 is 6.02. The third-order valence-electron chi connectivity index (χ3n) is 3.97. The monoisotopic (exact) mass is 251 g/mol. The fourth-order valence-electron chi connectivity index (χ4n) is 2.86. The van der Waals surface area contributed by atoms with Crippen molar-refractivity contribution < 1.29 is 0 Å². The molecule has 0 radical (unpaired) electrons. The Morgan fingerprint density at radius 1 is 1.24 bits per heavy atom. The Morgan fingerprint density at radius 2 is 1.94 bits per heavy atom. The van der Waals surface area contributed by atoms with E-state index in [1.54, 1.807) is 0 Å². The van der Waals surface area contributed by atoms with Crippen LogP contribution in [0.4, 0.5) is 0 Å². The number of halogens is 1. The molecule has 0 amide bonds. The first-order valence-corrected chi connectivity index (χ1v) is 7.06. The lowest BCUT2D eigenvalue weighted by atomic mass is 9.98. The number of hydrogen-bond acceptors (Lipinski definition) is 1. The van der Waals surface area contributed by atoms with Crippen molar-refractivity contribution in [3.8, 4) is 0 Å². The predicted molar refractivity (Wildman–Crippen MR) is 74.4 cm³/mol. The highest BCUT2D eigenvalue weighted by atomic mass is 35.5. The second-order valence-corrected chi connectivity index (χ2v) is 5.71. The van der Waals surface area contributed by atoms with Gasteiger partial charge in [-0.2, -0.15) is 0 Å². The highest BCUT2D eigenvalue weighted by Crippen LogP contribution is 2.29. The summed E-state index contributed by atoms with van der Waals surface area (Å²) in [6.45, 7) is 4.54. The minimum Gasteiger partial charge on any atom is -0.307 e. The maximum absolute atomic E-state index is 6.02. The number of benzene rings is 1. The Hall–Kier alpha value is -0.530. The zero-order chi connectivity index (χ0) is 12.3. The molecule has 1 N–H and O–H groups in total. The van der Waals surface area contributed by atoms with Gasteiger partial charge in [-0.1, -0.05) is 36.6 Å². The van der Waals surface area contributed by atoms with Gasteiger partial charge in [-0.05, 0) is 50.3 Å². The number of hydrogen-bond donors (Lipinski definition) is 1. The second kappa shape index (κ2) is 5.88. The summed E-state index contributed by atoms with van der Waals surface area (Å²) in [5.74, 6) is 0.858. The van der Waals surface area contributed by atoms with Crippen LogP contribution in [0.25, 0.3) is 0 Å². The van der Waals surface area contributed by atoms with E-state index in [2.05, 4.69) is 31.3 Å². The minimum absolute atomic E-state index is 0.379. The topological polar surface area (TPSA) is 12.0 Å². The van der Waals surface area contributed by atoms with Crippen molar-refractivity contribution in [2.24, 2.45) is 5.92 Å². The molecule has 1 aromatic carbocycles. The Morgan fingerprint density at radius 3 is 2.59 bits per heavy atom. The number of rotatable bonds is 4. The predicted octanol–water partition coefficient (Wildman–Crippen LogP) is 4.57. The smallest absolute Gasteiger partial charge is 0.0409 e. The first kappa shape index (κ1) is 12.9. The van der Waals surface area contributed by atoms with Gasteiger partial charge in [0.2, 0.25) is 0 Å². The lowest BCUT2D eigenvalue weighted by Crippen LogP contribution is -2.34. The summed E-state index contributed by atoms with van der Waals surface area (Å²) in [5, 5.41) is 4.53. The van der Waals surface area contributed by atoms with Gasteiger partial charge in [0, 0.05) is 17.1 Å². The molecular weight excluding hydrogens is 230 g/mol. The lowest BCUT2D eigenvalue weighted by Gasteiger charge is -2.25. The molecule has 17 heavy (non-hydrogen) atoms. The van der Waals surface area contributed by atoms with Crippen molar-refractivity contribution >= 4 is 11.6 Å². The third-order valence-corrected chi connectivity index (χ3v) is 4.20. The maximum atomic E-state index is 6.02. The molecule has 0 saturated heterocycles. The molecule has 2 heteroatoms. The first-order chi connectivity index (χ1) is 8.16. The van der Waals surface area contributed by atoms with Gasteiger partial charge in [-0.15, -0.1) is 0 Å². The van der Waals surface area contributed by atoms with E-state index in [4.69, 9.17) is 11.6 Å². The van der Waals surface area contributed by atoms with E-state index >= 15 is 0 Å². The molecule has 2 unspecified atom stereocenters. The molecule has 94 valence electrons. The van der Waals surface area contributed by atoms with Gasteiger partial charge in [-0.25, -0.2) is 0 Å². The van der Waals surface area contributed by atoms with Crippen LogP contribution in [-0.2, 0) is 0 Å². The van der Waals surface area contributed by atoms with Crippen molar-refractivity contribution in [2.45, 2.75) is 51.6 Å². The molecule has 2 atom stereocenters. The van der Waals surface area contributed by atoms with Crippen LogP contribution in [0.15, 0.2) is 24.3 Å². The van der Waals surface area contributed by atoms with E-state index in [1.807, 2.05) is 12.1 Å². The molecule has 1 nitrogen and oxygen atoms in total. The van der Waals surface area contributed by atoms with Crippen molar-refractivity contribution in [1.29, 1.82) is 0 Å². The van der Waals surface area contributed by atoms with E-state index < -0.39 is 0 Å². The zero-order valence-electron chi connectivity index (χ0n) is 10.7. The molecule has 0 aromatic heterocycles. The van der Waals surface area contributed by atoms with Crippen LogP contribution in [0.5, 0.6) is 0 Å². The fourth-order valence-corrected chi connectivity index (χ4v) is 3.06. The molecule has 0 aliphatic heterocycles. The Bertz CT molecular complexity index is 358. The summed E-state index contributed by atoms with van der Waals surface area (Å²) < 4.78 is 0. The zero-order valence-corrected chi connectivity index (χ0v) is 11.5. The average molecular weight is 252 g/mol. The molecular formula is C15H22ClN. The Labute approximate surface area is 110 Å². The van der Waals surface area contributed by atoms with Crippen molar-refractivity contribution in [3.63, 3.8) is 0 Å². The van der Waals surface area contributed by atoms with Crippen molar-refractivity contribution in [2.75, 3.05) is 0 Å². The van der Waals surface area contributed by atoms with E-state index in [9.17, 15) is 0 Å². The van der Waals surface area contributed by atoms with Crippen molar-refractivity contribution in [3.05, 3.63) is 34.9 Å². The summed E-state index contributed by atoms with van der Waals surface area (Å²) in [6.07, 6.45) is 5.58. The highest BCUT2D eigenvalue weighted by Gasteiger charge is 2.22. The van der Waals surface area contributed by atoms with E-state index in [0.29, 0.717) is 12.1 Å². The van der Waals surface area contributed by atoms with Gasteiger partial charge in [0.25, 0.3) is 0 Å². The molecule has 0 heterocycles. The van der Waals surface area contributed by atoms with Gasteiger partial charge >= 0.3 is 0 Å². The molecule has 2 rings (SSSR count). The molecule has 0 bridgehead atoms.